The minimum Gasteiger partial charge on any atom is -0.308 e. The first kappa shape index (κ1) is 16.6. The normalized spacial score (nSPS) is 11.7. The van der Waals surface area contributed by atoms with E-state index in [2.05, 4.69) is 31.1 Å². The lowest BCUT2D eigenvalue weighted by atomic mass is 10.1. The number of rotatable bonds is 4. The average Bonchev–Trinajstić information content (AvgIpc) is 2.39. The molecule has 112 valence electrons. The number of nitrogens with one attached hydrogen (secondary N) is 1. The number of nitrogens with zero attached hydrogens (tertiary/aromatic N) is 1. The zero-order valence-electron chi connectivity index (χ0n) is 12.3. The topological polar surface area (TPSA) is 24.9 Å². The molecule has 21 heavy (non-hydrogen) atoms. The van der Waals surface area contributed by atoms with E-state index >= 15 is 0 Å². The van der Waals surface area contributed by atoms with Gasteiger partial charge in [0.2, 0.25) is 0 Å². The largest absolute Gasteiger partial charge is 0.308 e. The van der Waals surface area contributed by atoms with Crippen LogP contribution in [0.1, 0.15) is 26.3 Å². The summed E-state index contributed by atoms with van der Waals surface area (Å²) in [6, 6.07) is 9.57. The summed E-state index contributed by atoms with van der Waals surface area (Å²) in [4.78, 5) is 5.39. The fraction of sp³-hybridized carbons (Fsp3) is 0.312. The minimum atomic E-state index is 0.0597. The molecular weight excluding hydrogens is 323 g/mol. The summed E-state index contributed by atoms with van der Waals surface area (Å²) in [5, 5.41) is 5.64. The van der Waals surface area contributed by atoms with E-state index in [9.17, 15) is 0 Å². The molecule has 0 saturated heterocycles. The van der Waals surface area contributed by atoms with Crippen LogP contribution in [0.15, 0.2) is 46.5 Å². The molecule has 0 aliphatic rings. The maximum Gasteiger partial charge on any atom is 0.119 e. The van der Waals surface area contributed by atoms with Gasteiger partial charge in [0.15, 0.2) is 0 Å². The number of halogens is 2. The second-order valence-corrected chi connectivity index (χ2v) is 7.62. The van der Waals surface area contributed by atoms with Gasteiger partial charge >= 0.3 is 0 Å². The van der Waals surface area contributed by atoms with Crippen LogP contribution in [-0.2, 0) is 6.54 Å². The van der Waals surface area contributed by atoms with E-state index in [0.717, 1.165) is 16.5 Å². The lowest BCUT2D eigenvalue weighted by molar-refractivity contribution is 0.422. The zero-order chi connectivity index (χ0) is 15.5. The summed E-state index contributed by atoms with van der Waals surface area (Å²) in [5.74, 6) is 0. The molecule has 0 fully saturated rings. The fourth-order valence-electron chi connectivity index (χ4n) is 1.68. The molecule has 1 N–H and O–H groups in total. The third-order valence-corrected chi connectivity index (χ3v) is 4.54. The molecule has 0 unspecified atom stereocenters. The monoisotopic (exact) mass is 340 g/mol. The van der Waals surface area contributed by atoms with E-state index in [0.29, 0.717) is 10.0 Å². The Bertz CT molecular complexity index is 624. The van der Waals surface area contributed by atoms with Crippen molar-refractivity contribution < 1.29 is 0 Å². The zero-order valence-corrected chi connectivity index (χ0v) is 14.6. The lowest BCUT2D eigenvalue weighted by Crippen LogP contribution is -2.35. The highest BCUT2D eigenvalue weighted by atomic mass is 35.5. The van der Waals surface area contributed by atoms with Gasteiger partial charge in [-0.3, -0.25) is 0 Å². The van der Waals surface area contributed by atoms with Crippen LogP contribution in [-0.4, -0.2) is 10.5 Å². The van der Waals surface area contributed by atoms with Crippen molar-refractivity contribution in [2.75, 3.05) is 0 Å². The second kappa shape index (κ2) is 7.01. The molecular formula is C16H18Cl2N2S. The Morgan fingerprint density at radius 3 is 2.62 bits per heavy atom. The molecule has 0 aliphatic carbocycles. The smallest absolute Gasteiger partial charge is 0.119 e. The van der Waals surface area contributed by atoms with E-state index in [4.69, 9.17) is 23.2 Å². The van der Waals surface area contributed by atoms with Crippen molar-refractivity contribution in [1.29, 1.82) is 0 Å². The molecule has 0 saturated carbocycles. The summed E-state index contributed by atoms with van der Waals surface area (Å²) < 4.78 is 0. The van der Waals surface area contributed by atoms with Crippen LogP contribution in [0.2, 0.25) is 10.0 Å². The van der Waals surface area contributed by atoms with Gasteiger partial charge in [-0.2, -0.15) is 0 Å². The Labute approximate surface area is 140 Å². The van der Waals surface area contributed by atoms with E-state index in [-0.39, 0.29) is 5.54 Å². The van der Waals surface area contributed by atoms with Crippen molar-refractivity contribution in [2.24, 2.45) is 0 Å². The van der Waals surface area contributed by atoms with Crippen LogP contribution >= 0.6 is 35.0 Å². The van der Waals surface area contributed by atoms with E-state index in [1.54, 1.807) is 6.20 Å². The minimum absolute atomic E-state index is 0.0597. The SMILES string of the molecule is CC(C)(C)NCc1ccc(Cl)cc1Sc1ncccc1Cl. The van der Waals surface area contributed by atoms with Crippen LogP contribution in [0.25, 0.3) is 0 Å². The Hall–Kier alpha value is -0.740. The summed E-state index contributed by atoms with van der Waals surface area (Å²) >= 11 is 13.8. The highest BCUT2D eigenvalue weighted by molar-refractivity contribution is 7.99. The van der Waals surface area contributed by atoms with Gasteiger partial charge in [0.25, 0.3) is 0 Å². The van der Waals surface area contributed by atoms with Gasteiger partial charge in [-0.25, -0.2) is 4.98 Å². The van der Waals surface area contributed by atoms with Crippen molar-refractivity contribution in [2.45, 2.75) is 42.8 Å². The quantitative estimate of drug-likeness (QED) is 0.803. The van der Waals surface area contributed by atoms with Crippen LogP contribution in [0.4, 0.5) is 0 Å². The maximum atomic E-state index is 6.18. The van der Waals surface area contributed by atoms with Crippen LogP contribution in [0.3, 0.4) is 0 Å². The molecule has 0 atom stereocenters. The highest BCUT2D eigenvalue weighted by Gasteiger charge is 2.13. The molecule has 0 aliphatic heterocycles. The van der Waals surface area contributed by atoms with Gasteiger partial charge in [0.05, 0.1) is 5.02 Å². The molecule has 1 aromatic heterocycles. The first-order valence-electron chi connectivity index (χ1n) is 6.67. The highest BCUT2D eigenvalue weighted by Crippen LogP contribution is 2.35. The lowest BCUT2D eigenvalue weighted by Gasteiger charge is -2.21. The molecule has 0 amide bonds. The first-order valence-corrected chi connectivity index (χ1v) is 8.24. The van der Waals surface area contributed by atoms with Gasteiger partial charge < -0.3 is 5.32 Å². The summed E-state index contributed by atoms with van der Waals surface area (Å²) in [6.45, 7) is 7.20. The maximum absolute atomic E-state index is 6.18. The van der Waals surface area contributed by atoms with Crippen LogP contribution in [0, 0.1) is 0 Å². The molecule has 0 spiro atoms. The molecule has 5 heteroatoms. The molecule has 0 radical (unpaired) electrons. The van der Waals surface area contributed by atoms with E-state index in [1.165, 1.54) is 17.3 Å². The van der Waals surface area contributed by atoms with E-state index in [1.807, 2.05) is 30.3 Å². The predicted molar refractivity (Wildman–Crippen MR) is 91.4 cm³/mol. The van der Waals surface area contributed by atoms with Gasteiger partial charge in [-0.05, 0) is 50.6 Å². The third-order valence-electron chi connectivity index (χ3n) is 2.77. The van der Waals surface area contributed by atoms with Crippen molar-refractivity contribution in [3.63, 3.8) is 0 Å². The third kappa shape index (κ3) is 5.19. The standard InChI is InChI=1S/C16H18Cl2N2S/c1-16(2,3)20-10-11-6-7-12(17)9-14(11)21-15-13(18)5-4-8-19-15/h4-9,20H,10H2,1-3H3. The molecule has 2 aromatic rings. The number of hydrogen-bond donors (Lipinski definition) is 1. The van der Waals surface area contributed by atoms with Crippen molar-refractivity contribution in [3.8, 4) is 0 Å². The average molecular weight is 341 g/mol. The fourth-order valence-corrected chi connectivity index (χ4v) is 3.10. The first-order chi connectivity index (χ1) is 9.85. The molecule has 1 heterocycles. The summed E-state index contributed by atoms with van der Waals surface area (Å²) in [5.41, 5.74) is 1.24. The predicted octanol–water partition coefficient (Wildman–Crippen LogP) is 5.43. The van der Waals surface area contributed by atoms with Crippen molar-refractivity contribution in [1.82, 2.24) is 10.3 Å². The molecule has 1 aromatic carbocycles. The number of hydrogen-bond acceptors (Lipinski definition) is 3. The molecule has 0 bridgehead atoms. The van der Waals surface area contributed by atoms with E-state index < -0.39 is 0 Å². The number of benzene rings is 1. The summed E-state index contributed by atoms with van der Waals surface area (Å²) in [6.07, 6.45) is 1.74. The second-order valence-electron chi connectivity index (χ2n) is 5.75. The summed E-state index contributed by atoms with van der Waals surface area (Å²) in [7, 11) is 0. The van der Waals surface area contributed by atoms with Crippen molar-refractivity contribution >= 4 is 35.0 Å². The Morgan fingerprint density at radius 1 is 1.19 bits per heavy atom. The van der Waals surface area contributed by atoms with Crippen LogP contribution < -0.4 is 5.32 Å². The van der Waals surface area contributed by atoms with Crippen LogP contribution in [0.5, 0.6) is 0 Å². The molecule has 2 rings (SSSR count). The number of pyridine rings is 1. The Kier molecular flexibility index (Phi) is 5.55. The molecule has 2 nitrogen and oxygen atoms in total. The van der Waals surface area contributed by atoms with Gasteiger partial charge in [-0.1, -0.05) is 41.0 Å². The Balaban J connectivity index is 2.25. The Morgan fingerprint density at radius 2 is 1.95 bits per heavy atom. The van der Waals surface area contributed by atoms with Gasteiger partial charge in [0.1, 0.15) is 5.03 Å². The van der Waals surface area contributed by atoms with Gasteiger partial charge in [0, 0.05) is 28.2 Å². The van der Waals surface area contributed by atoms with Gasteiger partial charge in [-0.15, -0.1) is 0 Å². The van der Waals surface area contributed by atoms with Crippen molar-refractivity contribution in [3.05, 3.63) is 52.1 Å². The number of aromatic nitrogens is 1.